The zero-order valence-electron chi connectivity index (χ0n) is 28.7. The SMILES string of the molecule is CCc1cc(CC)cc(C([SiH2]c2ccccc2)[C]2([Ti+3])C(C)=C(C)C(C)=C2c2cc(C(C)(C)C)cc(C(C)(C)C)c2)c1.[Cl-].[Cl-].[Cl-]. The second-order valence-corrected chi connectivity index (χ2v) is 17.7. The van der Waals surface area contributed by atoms with E-state index in [1.165, 1.54) is 39.0 Å². The largest absolute Gasteiger partial charge is 1.00 e. The second kappa shape index (κ2) is 15.7. The molecule has 0 aromatic heterocycles. The number of halogens is 3. The van der Waals surface area contributed by atoms with Gasteiger partial charge in [0.15, 0.2) is 0 Å². The molecule has 3 aromatic rings. The minimum atomic E-state index is -0.685. The van der Waals surface area contributed by atoms with Gasteiger partial charge in [0.05, 0.1) is 0 Å². The average Bonchev–Trinajstić information content (AvgIpc) is 3.10. The van der Waals surface area contributed by atoms with Gasteiger partial charge in [0.2, 0.25) is 0 Å². The molecule has 0 radical (unpaired) electrons. The van der Waals surface area contributed by atoms with Crippen LogP contribution in [-0.2, 0) is 44.1 Å². The Balaban J connectivity index is 0.00000323. The molecule has 2 unspecified atom stereocenters. The maximum Gasteiger partial charge on any atom is -1.00 e. The Kier molecular flexibility index (Phi) is 14.6. The van der Waals surface area contributed by atoms with Crippen molar-refractivity contribution in [2.45, 2.75) is 109 Å². The Morgan fingerprint density at radius 2 is 1.16 bits per heavy atom. The second-order valence-electron chi connectivity index (χ2n) is 14.4. The van der Waals surface area contributed by atoms with Crippen molar-refractivity contribution >= 4 is 20.3 Å². The van der Waals surface area contributed by atoms with E-state index in [4.69, 9.17) is 0 Å². The van der Waals surface area contributed by atoms with E-state index >= 15 is 0 Å². The third kappa shape index (κ3) is 8.26. The van der Waals surface area contributed by atoms with Crippen LogP contribution in [0.5, 0.6) is 0 Å². The van der Waals surface area contributed by atoms with Gasteiger partial charge < -0.3 is 37.2 Å². The van der Waals surface area contributed by atoms with E-state index in [-0.39, 0.29) is 51.8 Å². The molecule has 236 valence electrons. The summed E-state index contributed by atoms with van der Waals surface area (Å²) in [4.78, 5) is 0. The fraction of sp³-hybridized carbons (Fsp3) is 0.436. The molecule has 4 rings (SSSR count). The van der Waals surface area contributed by atoms with E-state index in [2.05, 4.69) is 163 Å². The number of hydrogen-bond acceptors (Lipinski definition) is 0. The molecule has 0 saturated heterocycles. The van der Waals surface area contributed by atoms with Crippen LogP contribution in [0.3, 0.4) is 0 Å². The van der Waals surface area contributed by atoms with Gasteiger partial charge in [-0.2, -0.15) is 0 Å². The van der Waals surface area contributed by atoms with Crippen LogP contribution in [0.1, 0.15) is 115 Å². The first kappa shape index (κ1) is 41.0. The zero-order chi connectivity index (χ0) is 30.3. The van der Waals surface area contributed by atoms with Crippen LogP contribution in [0.15, 0.2) is 83.4 Å². The summed E-state index contributed by atoms with van der Waals surface area (Å²) in [6.45, 7) is 25.9. The summed E-state index contributed by atoms with van der Waals surface area (Å²) in [5, 5.41) is 1.55. The molecule has 5 heteroatoms. The monoisotopic (exact) mass is 700 g/mol. The molecule has 44 heavy (non-hydrogen) atoms. The summed E-state index contributed by atoms with van der Waals surface area (Å²) < 4.78 is -0.0702. The van der Waals surface area contributed by atoms with Crippen LogP contribution >= 0.6 is 0 Å². The van der Waals surface area contributed by atoms with E-state index in [1.54, 1.807) is 21.9 Å². The van der Waals surface area contributed by atoms with Crippen LogP contribution in [0.4, 0.5) is 0 Å². The van der Waals surface area contributed by atoms with E-state index in [0.29, 0.717) is 5.54 Å². The molecule has 2 atom stereocenters. The molecule has 0 amide bonds. The van der Waals surface area contributed by atoms with Gasteiger partial charge in [0.25, 0.3) is 0 Å². The van der Waals surface area contributed by atoms with Gasteiger partial charge >= 0.3 is 267 Å². The van der Waals surface area contributed by atoms with E-state index in [0.717, 1.165) is 12.8 Å². The molecule has 1 aliphatic rings. The molecular weight excluding hydrogens is 651 g/mol. The summed E-state index contributed by atoms with van der Waals surface area (Å²) in [7, 11) is -0.685. The number of rotatable bonds is 7. The Morgan fingerprint density at radius 3 is 1.59 bits per heavy atom. The van der Waals surface area contributed by atoms with Gasteiger partial charge in [-0.05, 0) is 0 Å². The van der Waals surface area contributed by atoms with Crippen molar-refractivity contribution in [3.8, 4) is 0 Å². The average molecular weight is 702 g/mol. The van der Waals surface area contributed by atoms with Gasteiger partial charge in [-0.15, -0.1) is 0 Å². The van der Waals surface area contributed by atoms with Crippen molar-refractivity contribution in [1.82, 2.24) is 0 Å². The van der Waals surface area contributed by atoms with E-state index < -0.39 is 9.52 Å². The number of aryl methyl sites for hydroxylation is 2. The first-order valence-corrected chi connectivity index (χ1v) is 17.9. The van der Waals surface area contributed by atoms with Crippen LogP contribution in [-0.4, -0.2) is 9.52 Å². The molecular formula is C39H51Cl3SiTi. The Labute approximate surface area is 301 Å². The predicted molar refractivity (Wildman–Crippen MR) is 180 cm³/mol. The van der Waals surface area contributed by atoms with Crippen molar-refractivity contribution < 1.29 is 57.7 Å². The van der Waals surface area contributed by atoms with Gasteiger partial charge in [-0.25, -0.2) is 0 Å². The van der Waals surface area contributed by atoms with Crippen molar-refractivity contribution in [1.29, 1.82) is 0 Å². The molecule has 0 spiro atoms. The Bertz CT molecular complexity index is 1440. The third-order valence-corrected chi connectivity index (χ3v) is 14.1. The molecule has 0 aliphatic heterocycles. The molecule has 1 aliphatic carbocycles. The van der Waals surface area contributed by atoms with Crippen LogP contribution in [0.2, 0.25) is 3.72 Å². The maximum atomic E-state index is 2.59. The minimum Gasteiger partial charge on any atom is -1.00 e. The Hall–Kier alpha value is -1.06. The van der Waals surface area contributed by atoms with Crippen molar-refractivity contribution in [3.05, 3.63) is 117 Å². The molecule has 0 heterocycles. The van der Waals surface area contributed by atoms with Gasteiger partial charge in [0.1, 0.15) is 0 Å². The van der Waals surface area contributed by atoms with Gasteiger partial charge in [-0.1, -0.05) is 0 Å². The number of benzene rings is 3. The first-order chi connectivity index (χ1) is 19.1. The topological polar surface area (TPSA) is 0 Å². The Morgan fingerprint density at radius 1 is 0.682 bits per heavy atom. The normalized spacial score (nSPS) is 17.8. The van der Waals surface area contributed by atoms with Crippen molar-refractivity contribution in [2.75, 3.05) is 0 Å². The fourth-order valence-corrected chi connectivity index (χ4v) is 10.4. The molecule has 0 bridgehead atoms. The summed E-state index contributed by atoms with van der Waals surface area (Å²) in [5.41, 5.74) is 15.5. The maximum absolute atomic E-state index is 2.59. The predicted octanol–water partition coefficient (Wildman–Crippen LogP) is 0.483. The number of allylic oxidation sites excluding steroid dienone is 4. The molecule has 0 N–H and O–H groups in total. The number of hydrogen-bond donors (Lipinski definition) is 0. The van der Waals surface area contributed by atoms with Crippen LogP contribution in [0.25, 0.3) is 5.57 Å². The zero-order valence-corrected chi connectivity index (χ0v) is 33.9. The summed E-state index contributed by atoms with van der Waals surface area (Å²) in [6.07, 6.45) is 2.16. The quantitative estimate of drug-likeness (QED) is 0.315. The van der Waals surface area contributed by atoms with Gasteiger partial charge in [0, 0.05) is 0 Å². The first-order valence-electron chi connectivity index (χ1n) is 15.6. The molecule has 0 nitrogen and oxygen atoms in total. The third-order valence-electron chi connectivity index (χ3n) is 9.54. The molecule has 0 saturated carbocycles. The van der Waals surface area contributed by atoms with E-state index in [1.807, 2.05) is 0 Å². The van der Waals surface area contributed by atoms with Crippen LogP contribution < -0.4 is 42.4 Å². The van der Waals surface area contributed by atoms with Crippen LogP contribution in [0, 0.1) is 0 Å². The van der Waals surface area contributed by atoms with Gasteiger partial charge in [-0.3, -0.25) is 0 Å². The smallest absolute Gasteiger partial charge is 1.00 e. The summed E-state index contributed by atoms with van der Waals surface area (Å²) in [5.74, 6) is 0. The molecule has 0 fully saturated rings. The van der Waals surface area contributed by atoms with Crippen molar-refractivity contribution in [2.24, 2.45) is 0 Å². The summed E-state index contributed by atoms with van der Waals surface area (Å²) in [6, 6.07) is 26.4. The van der Waals surface area contributed by atoms with Crippen molar-refractivity contribution in [3.63, 3.8) is 0 Å². The molecule has 3 aromatic carbocycles. The standard InChI is InChI=1S/C39H51Si.3ClH.Ti/c1-12-28-19-29(13-2)21-31(20-28)37(40-34-17-15-14-16-18-34)36-27(5)25(3)26(4)35(36)30-22-32(38(6,7)8)24-33(23-30)39(9,10)11;;;;/h14-24,37H,12-13,40H2,1-11H3;3*1H;/q;;;;+3/p-3. The fourth-order valence-electron chi connectivity index (χ4n) is 6.54. The van der Waals surface area contributed by atoms with E-state index in [9.17, 15) is 0 Å². The minimum absolute atomic E-state index is 0. The summed E-state index contributed by atoms with van der Waals surface area (Å²) >= 11 is 2.59.